The first-order chi connectivity index (χ1) is 13.3. The van der Waals surface area contributed by atoms with E-state index in [1.54, 1.807) is 18.2 Å². The molecule has 1 aliphatic rings. The summed E-state index contributed by atoms with van der Waals surface area (Å²) in [5, 5.41) is 3.01. The normalized spacial score (nSPS) is 18.4. The standard InChI is InChI=1S/C17H15ClFN3O3S3/c18-13-6-7-14(27-13)28(24,25)22-8-2-3-10(9-22)16(23)21-17-20-15-11(19)4-1-5-12(15)26-17/h1,4-7,10H,2-3,8-9H2,(H,20,21,23). The van der Waals surface area contributed by atoms with E-state index in [0.717, 1.165) is 11.3 Å². The molecule has 1 atom stereocenters. The smallest absolute Gasteiger partial charge is 0.252 e. The number of sulfonamides is 1. The Kier molecular flexibility index (Phi) is 5.41. The molecule has 3 aromatic rings. The molecule has 148 valence electrons. The quantitative estimate of drug-likeness (QED) is 0.634. The van der Waals surface area contributed by atoms with Crippen LogP contribution in [0.5, 0.6) is 0 Å². The highest BCUT2D eigenvalue weighted by Gasteiger charge is 2.34. The van der Waals surface area contributed by atoms with E-state index in [1.165, 1.54) is 27.8 Å². The number of nitrogens with zero attached hydrogens (tertiary/aromatic N) is 2. The fourth-order valence-corrected chi connectivity index (χ4v) is 7.16. The fourth-order valence-electron chi connectivity index (χ4n) is 3.11. The number of carbonyl (C=O) groups excluding carboxylic acids is 1. The van der Waals surface area contributed by atoms with Gasteiger partial charge in [0.1, 0.15) is 15.5 Å². The summed E-state index contributed by atoms with van der Waals surface area (Å²) < 4.78 is 41.9. The molecule has 6 nitrogen and oxygen atoms in total. The van der Waals surface area contributed by atoms with Crippen LogP contribution >= 0.6 is 34.3 Å². The van der Waals surface area contributed by atoms with E-state index >= 15 is 0 Å². The van der Waals surface area contributed by atoms with Gasteiger partial charge in [-0.05, 0) is 37.1 Å². The minimum Gasteiger partial charge on any atom is -0.302 e. The van der Waals surface area contributed by atoms with Gasteiger partial charge in [0, 0.05) is 13.1 Å². The van der Waals surface area contributed by atoms with Crippen molar-refractivity contribution in [3.63, 3.8) is 0 Å². The van der Waals surface area contributed by atoms with Crippen molar-refractivity contribution in [1.82, 2.24) is 9.29 Å². The summed E-state index contributed by atoms with van der Waals surface area (Å²) in [5.41, 5.74) is 0.213. The Hall–Kier alpha value is -1.59. The predicted octanol–water partition coefficient (Wildman–Crippen LogP) is 4.19. The number of hydrogen-bond donors (Lipinski definition) is 1. The summed E-state index contributed by atoms with van der Waals surface area (Å²) >= 11 is 8.04. The van der Waals surface area contributed by atoms with Crippen LogP contribution in [-0.4, -0.2) is 36.7 Å². The summed E-state index contributed by atoms with van der Waals surface area (Å²) in [7, 11) is -3.68. The molecule has 0 aliphatic carbocycles. The molecule has 1 unspecified atom stereocenters. The van der Waals surface area contributed by atoms with Gasteiger partial charge in [-0.2, -0.15) is 4.31 Å². The summed E-state index contributed by atoms with van der Waals surface area (Å²) in [6.07, 6.45) is 1.15. The molecule has 0 radical (unpaired) electrons. The van der Waals surface area contributed by atoms with Gasteiger partial charge >= 0.3 is 0 Å². The third kappa shape index (κ3) is 3.79. The van der Waals surface area contributed by atoms with Crippen LogP contribution in [0.4, 0.5) is 9.52 Å². The molecule has 1 aromatic carbocycles. The third-order valence-electron chi connectivity index (χ3n) is 4.50. The zero-order valence-corrected chi connectivity index (χ0v) is 17.6. The van der Waals surface area contributed by atoms with Crippen LogP contribution < -0.4 is 5.32 Å². The number of piperidine rings is 1. The molecule has 1 fully saturated rings. The SMILES string of the molecule is O=C(Nc1nc2c(F)cccc2s1)C1CCCN(S(=O)(=O)c2ccc(Cl)s2)C1. The average Bonchev–Trinajstić information content (AvgIpc) is 3.29. The van der Waals surface area contributed by atoms with Crippen LogP contribution in [0.25, 0.3) is 10.2 Å². The molecular formula is C17H15ClFN3O3S3. The summed E-state index contributed by atoms with van der Waals surface area (Å²) in [4.78, 5) is 16.8. The Balaban J connectivity index is 1.49. The Morgan fingerprint density at radius 3 is 2.82 bits per heavy atom. The van der Waals surface area contributed by atoms with E-state index < -0.39 is 21.8 Å². The second-order valence-corrected chi connectivity index (χ2v) is 11.3. The summed E-state index contributed by atoms with van der Waals surface area (Å²) in [6.45, 7) is 0.441. The number of aromatic nitrogens is 1. The van der Waals surface area contributed by atoms with Crippen LogP contribution in [0.1, 0.15) is 12.8 Å². The molecule has 1 N–H and O–H groups in total. The summed E-state index contributed by atoms with van der Waals surface area (Å²) in [5.74, 6) is -1.27. The average molecular weight is 460 g/mol. The number of benzene rings is 1. The fraction of sp³-hybridized carbons (Fsp3) is 0.294. The van der Waals surface area contributed by atoms with E-state index in [1.807, 2.05) is 0 Å². The monoisotopic (exact) mass is 459 g/mol. The largest absolute Gasteiger partial charge is 0.302 e. The minimum absolute atomic E-state index is 0.0863. The van der Waals surface area contributed by atoms with Crippen molar-refractivity contribution in [1.29, 1.82) is 0 Å². The van der Waals surface area contributed by atoms with Gasteiger partial charge in [0.15, 0.2) is 5.13 Å². The molecular weight excluding hydrogens is 445 g/mol. The van der Waals surface area contributed by atoms with Crippen LogP contribution in [0, 0.1) is 11.7 Å². The van der Waals surface area contributed by atoms with Crippen molar-refractivity contribution < 1.29 is 17.6 Å². The van der Waals surface area contributed by atoms with Crippen LogP contribution in [0.2, 0.25) is 4.34 Å². The number of anilines is 1. The van der Waals surface area contributed by atoms with Crippen molar-refractivity contribution in [2.45, 2.75) is 17.1 Å². The number of thiophene rings is 1. The van der Waals surface area contributed by atoms with Crippen LogP contribution in [-0.2, 0) is 14.8 Å². The Morgan fingerprint density at radius 1 is 1.29 bits per heavy atom. The first-order valence-electron chi connectivity index (χ1n) is 8.46. The first-order valence-corrected chi connectivity index (χ1v) is 11.9. The van der Waals surface area contributed by atoms with E-state index in [4.69, 9.17) is 11.6 Å². The predicted molar refractivity (Wildman–Crippen MR) is 109 cm³/mol. The number of nitrogens with one attached hydrogen (secondary N) is 1. The van der Waals surface area contributed by atoms with Crippen LogP contribution in [0.15, 0.2) is 34.5 Å². The maximum atomic E-state index is 13.8. The highest BCUT2D eigenvalue weighted by atomic mass is 35.5. The van der Waals surface area contributed by atoms with E-state index in [-0.39, 0.29) is 22.2 Å². The maximum Gasteiger partial charge on any atom is 0.252 e. The van der Waals surface area contributed by atoms with Gasteiger partial charge in [0.2, 0.25) is 5.91 Å². The highest BCUT2D eigenvalue weighted by molar-refractivity contribution is 7.91. The molecule has 1 amide bonds. The lowest BCUT2D eigenvalue weighted by atomic mass is 9.99. The van der Waals surface area contributed by atoms with E-state index in [2.05, 4.69) is 10.3 Å². The Labute approximate surface area is 174 Å². The maximum absolute atomic E-state index is 13.8. The minimum atomic E-state index is -3.68. The number of carbonyl (C=O) groups is 1. The number of rotatable bonds is 4. The number of halogens is 2. The number of amides is 1. The number of fused-ring (bicyclic) bond motifs is 1. The van der Waals surface area contributed by atoms with Gasteiger partial charge in [-0.1, -0.05) is 29.0 Å². The molecule has 0 saturated carbocycles. The van der Waals surface area contributed by atoms with Crippen molar-refractivity contribution in [2.24, 2.45) is 5.92 Å². The molecule has 3 heterocycles. The molecule has 4 rings (SSSR count). The zero-order valence-electron chi connectivity index (χ0n) is 14.4. The molecule has 1 saturated heterocycles. The number of para-hydroxylation sites is 1. The first kappa shape index (κ1) is 19.7. The highest BCUT2D eigenvalue weighted by Crippen LogP contribution is 2.32. The lowest BCUT2D eigenvalue weighted by Gasteiger charge is -2.30. The summed E-state index contributed by atoms with van der Waals surface area (Å²) in [6, 6.07) is 7.64. The molecule has 28 heavy (non-hydrogen) atoms. The molecule has 11 heteroatoms. The molecule has 0 bridgehead atoms. The van der Waals surface area contributed by atoms with Crippen molar-refractivity contribution >= 4 is 65.6 Å². The van der Waals surface area contributed by atoms with Crippen molar-refractivity contribution in [3.05, 3.63) is 40.5 Å². The van der Waals surface area contributed by atoms with E-state index in [9.17, 15) is 17.6 Å². The van der Waals surface area contributed by atoms with Gasteiger partial charge in [-0.25, -0.2) is 17.8 Å². The second kappa shape index (κ2) is 7.68. The molecule has 2 aromatic heterocycles. The zero-order chi connectivity index (χ0) is 19.9. The number of thiazole rings is 1. The number of hydrogen-bond acceptors (Lipinski definition) is 6. The molecule has 0 spiro atoms. The van der Waals surface area contributed by atoms with Gasteiger partial charge in [-0.15, -0.1) is 11.3 Å². The van der Waals surface area contributed by atoms with E-state index in [0.29, 0.717) is 33.6 Å². The van der Waals surface area contributed by atoms with Gasteiger partial charge in [0.25, 0.3) is 10.0 Å². The lowest BCUT2D eigenvalue weighted by molar-refractivity contribution is -0.120. The lowest BCUT2D eigenvalue weighted by Crippen LogP contribution is -2.43. The van der Waals surface area contributed by atoms with Gasteiger partial charge in [0.05, 0.1) is 15.0 Å². The van der Waals surface area contributed by atoms with Gasteiger partial charge < -0.3 is 5.32 Å². The van der Waals surface area contributed by atoms with Crippen molar-refractivity contribution in [2.75, 3.05) is 18.4 Å². The third-order valence-corrected chi connectivity index (χ3v) is 9.00. The Bertz CT molecular complexity index is 1140. The van der Waals surface area contributed by atoms with Crippen molar-refractivity contribution in [3.8, 4) is 0 Å². The second-order valence-electron chi connectivity index (χ2n) is 6.36. The Morgan fingerprint density at radius 2 is 2.11 bits per heavy atom. The topological polar surface area (TPSA) is 79.4 Å². The van der Waals surface area contributed by atoms with Crippen LogP contribution in [0.3, 0.4) is 0 Å². The van der Waals surface area contributed by atoms with Gasteiger partial charge in [-0.3, -0.25) is 4.79 Å². The molecule has 1 aliphatic heterocycles.